The summed E-state index contributed by atoms with van der Waals surface area (Å²) < 4.78 is 27.8. The lowest BCUT2D eigenvalue weighted by molar-refractivity contribution is 0.178. The minimum Gasteiger partial charge on any atom is -0.384 e. The van der Waals surface area contributed by atoms with Crippen LogP contribution in [0.15, 0.2) is 28.8 Å². The highest BCUT2D eigenvalue weighted by Crippen LogP contribution is 2.40. The Morgan fingerprint density at radius 2 is 1.95 bits per heavy atom. The zero-order chi connectivity index (χ0) is 16.3. The van der Waals surface area contributed by atoms with Crippen molar-refractivity contribution in [1.29, 1.82) is 0 Å². The van der Waals surface area contributed by atoms with Crippen molar-refractivity contribution in [3.05, 3.63) is 46.0 Å². The molecule has 2 rings (SSSR count). The summed E-state index contributed by atoms with van der Waals surface area (Å²) in [6.07, 6.45) is 5.48. The molecule has 4 heteroatoms. The summed E-state index contributed by atoms with van der Waals surface area (Å²) >= 11 is 3.14. The van der Waals surface area contributed by atoms with Crippen molar-refractivity contribution in [3.8, 4) is 0 Å². The SMILES string of the molecule is C=C(C1CCC(CCC)CC1)C(O)c1cc(Br)cc(F)c1F. The van der Waals surface area contributed by atoms with Crippen LogP contribution < -0.4 is 0 Å². The molecule has 1 nitrogen and oxygen atoms in total. The third-order valence-corrected chi connectivity index (χ3v) is 5.19. The maximum Gasteiger partial charge on any atom is 0.165 e. The van der Waals surface area contributed by atoms with E-state index in [9.17, 15) is 13.9 Å². The average Bonchev–Trinajstić information content (AvgIpc) is 2.50. The average molecular weight is 373 g/mol. The lowest BCUT2D eigenvalue weighted by Gasteiger charge is -2.31. The molecule has 0 heterocycles. The number of benzene rings is 1. The molecule has 1 aromatic carbocycles. The molecule has 1 unspecified atom stereocenters. The first-order valence-corrected chi connectivity index (χ1v) is 8.74. The van der Waals surface area contributed by atoms with Gasteiger partial charge in [-0.15, -0.1) is 0 Å². The molecule has 0 amide bonds. The van der Waals surface area contributed by atoms with Gasteiger partial charge in [0.2, 0.25) is 0 Å². The lowest BCUT2D eigenvalue weighted by atomic mass is 9.75. The van der Waals surface area contributed by atoms with Gasteiger partial charge < -0.3 is 5.11 Å². The Kier molecular flexibility index (Phi) is 6.16. The van der Waals surface area contributed by atoms with Gasteiger partial charge in [-0.25, -0.2) is 8.78 Å². The highest BCUT2D eigenvalue weighted by Gasteiger charge is 2.28. The maximum absolute atomic E-state index is 13.9. The third kappa shape index (κ3) is 3.96. The Morgan fingerprint density at radius 3 is 2.55 bits per heavy atom. The van der Waals surface area contributed by atoms with Crippen molar-refractivity contribution >= 4 is 15.9 Å². The van der Waals surface area contributed by atoms with E-state index in [-0.39, 0.29) is 11.5 Å². The van der Waals surface area contributed by atoms with E-state index in [0.717, 1.165) is 37.7 Å². The molecule has 22 heavy (non-hydrogen) atoms. The highest BCUT2D eigenvalue weighted by atomic mass is 79.9. The van der Waals surface area contributed by atoms with Gasteiger partial charge in [0.15, 0.2) is 11.6 Å². The number of hydrogen-bond donors (Lipinski definition) is 1. The quantitative estimate of drug-likeness (QED) is 0.502. The van der Waals surface area contributed by atoms with Gasteiger partial charge in [0, 0.05) is 10.0 Å². The van der Waals surface area contributed by atoms with Crippen molar-refractivity contribution in [2.75, 3.05) is 0 Å². The van der Waals surface area contributed by atoms with Gasteiger partial charge in [-0.2, -0.15) is 0 Å². The summed E-state index contributed by atoms with van der Waals surface area (Å²) in [4.78, 5) is 0. The molecular formula is C18H23BrF2O. The highest BCUT2D eigenvalue weighted by molar-refractivity contribution is 9.10. The normalized spacial score (nSPS) is 23.3. The van der Waals surface area contributed by atoms with Gasteiger partial charge >= 0.3 is 0 Å². The minimum atomic E-state index is -1.15. The summed E-state index contributed by atoms with van der Waals surface area (Å²) in [5.74, 6) is -1.00. The van der Waals surface area contributed by atoms with E-state index in [0.29, 0.717) is 10.0 Å². The van der Waals surface area contributed by atoms with Crippen LogP contribution in [0.5, 0.6) is 0 Å². The van der Waals surface area contributed by atoms with Crippen LogP contribution in [-0.2, 0) is 0 Å². The van der Waals surface area contributed by atoms with E-state index in [1.54, 1.807) is 0 Å². The third-order valence-electron chi connectivity index (χ3n) is 4.73. The molecule has 0 bridgehead atoms. The second kappa shape index (κ2) is 7.69. The minimum absolute atomic E-state index is 0.0347. The Bertz CT molecular complexity index is 536. The fourth-order valence-electron chi connectivity index (χ4n) is 3.43. The Labute approximate surface area is 139 Å². The van der Waals surface area contributed by atoms with Crippen molar-refractivity contribution in [2.24, 2.45) is 11.8 Å². The predicted molar refractivity (Wildman–Crippen MR) is 88.5 cm³/mol. The van der Waals surface area contributed by atoms with Crippen LogP contribution in [0.4, 0.5) is 8.78 Å². The summed E-state index contributed by atoms with van der Waals surface area (Å²) in [6.45, 7) is 6.17. The molecule has 0 aromatic heterocycles. The fourth-order valence-corrected chi connectivity index (χ4v) is 3.88. The van der Waals surface area contributed by atoms with Gasteiger partial charge in [-0.1, -0.05) is 42.3 Å². The predicted octanol–water partition coefficient (Wildman–Crippen LogP) is 5.92. The van der Waals surface area contributed by atoms with Gasteiger partial charge in [0.25, 0.3) is 0 Å². The molecule has 1 atom stereocenters. The van der Waals surface area contributed by atoms with Crippen molar-refractivity contribution in [2.45, 2.75) is 51.6 Å². The second-order valence-electron chi connectivity index (χ2n) is 6.27. The molecule has 0 radical (unpaired) electrons. The van der Waals surface area contributed by atoms with Crippen LogP contribution in [0.2, 0.25) is 0 Å². The summed E-state index contributed by atoms with van der Waals surface area (Å²) in [5.41, 5.74) is 0.568. The number of hydrogen-bond acceptors (Lipinski definition) is 1. The van der Waals surface area contributed by atoms with Crippen LogP contribution in [0, 0.1) is 23.5 Å². The fraction of sp³-hybridized carbons (Fsp3) is 0.556. The molecule has 1 aromatic rings. The zero-order valence-electron chi connectivity index (χ0n) is 12.9. The second-order valence-corrected chi connectivity index (χ2v) is 7.19. The number of aliphatic hydroxyl groups excluding tert-OH is 1. The summed E-state index contributed by atoms with van der Waals surface area (Å²) in [7, 11) is 0. The van der Waals surface area contributed by atoms with Crippen LogP contribution in [0.25, 0.3) is 0 Å². The van der Waals surface area contributed by atoms with Crippen LogP contribution in [0.3, 0.4) is 0 Å². The Balaban J connectivity index is 2.07. The molecule has 0 saturated heterocycles. The van der Waals surface area contributed by atoms with Crippen molar-refractivity contribution in [1.82, 2.24) is 0 Å². The van der Waals surface area contributed by atoms with Crippen molar-refractivity contribution < 1.29 is 13.9 Å². The number of halogens is 3. The molecule has 1 saturated carbocycles. The number of aliphatic hydroxyl groups is 1. The maximum atomic E-state index is 13.9. The molecule has 1 aliphatic rings. The van der Waals surface area contributed by atoms with Gasteiger partial charge in [0.05, 0.1) is 0 Å². The van der Waals surface area contributed by atoms with Crippen LogP contribution in [-0.4, -0.2) is 5.11 Å². The van der Waals surface area contributed by atoms with Gasteiger partial charge in [-0.3, -0.25) is 0 Å². The Hall–Kier alpha value is -0.740. The van der Waals surface area contributed by atoms with E-state index in [1.165, 1.54) is 18.9 Å². The van der Waals surface area contributed by atoms with Crippen LogP contribution in [0.1, 0.15) is 57.1 Å². The summed E-state index contributed by atoms with van der Waals surface area (Å²) in [6, 6.07) is 2.49. The van der Waals surface area contributed by atoms with Crippen molar-refractivity contribution in [3.63, 3.8) is 0 Å². The lowest BCUT2D eigenvalue weighted by Crippen LogP contribution is -2.19. The van der Waals surface area contributed by atoms with E-state index in [1.807, 2.05) is 0 Å². The first-order valence-electron chi connectivity index (χ1n) is 7.95. The van der Waals surface area contributed by atoms with Crippen LogP contribution >= 0.6 is 15.9 Å². The molecule has 1 fully saturated rings. The largest absolute Gasteiger partial charge is 0.384 e. The van der Waals surface area contributed by atoms with Gasteiger partial charge in [-0.05, 0) is 55.2 Å². The summed E-state index contributed by atoms with van der Waals surface area (Å²) in [5, 5.41) is 10.4. The molecule has 0 spiro atoms. The standard InChI is InChI=1S/C18H23BrF2O/c1-3-4-12-5-7-13(8-6-12)11(2)18(22)15-9-14(19)10-16(20)17(15)21/h9-10,12-13,18,22H,2-8H2,1H3. The molecular weight excluding hydrogens is 350 g/mol. The smallest absolute Gasteiger partial charge is 0.165 e. The monoisotopic (exact) mass is 372 g/mol. The molecule has 1 N–H and O–H groups in total. The van der Waals surface area contributed by atoms with E-state index in [4.69, 9.17) is 0 Å². The first kappa shape index (κ1) is 17.6. The van der Waals surface area contributed by atoms with Gasteiger partial charge in [0.1, 0.15) is 6.10 Å². The number of rotatable bonds is 5. The molecule has 0 aliphatic heterocycles. The zero-order valence-corrected chi connectivity index (χ0v) is 14.5. The topological polar surface area (TPSA) is 20.2 Å². The van der Waals surface area contributed by atoms with E-state index < -0.39 is 17.7 Å². The molecule has 1 aliphatic carbocycles. The first-order chi connectivity index (χ1) is 10.4. The Morgan fingerprint density at radius 1 is 1.32 bits per heavy atom. The van der Waals surface area contributed by atoms with E-state index in [2.05, 4.69) is 29.4 Å². The molecule has 122 valence electrons. The van der Waals surface area contributed by atoms with E-state index >= 15 is 0 Å².